The Balaban J connectivity index is 1.41. The van der Waals surface area contributed by atoms with Gasteiger partial charge in [-0.25, -0.2) is 4.79 Å². The number of hydrogen-bond acceptors (Lipinski definition) is 4. The van der Waals surface area contributed by atoms with E-state index >= 15 is 0 Å². The first-order valence-electron chi connectivity index (χ1n) is 11.1. The summed E-state index contributed by atoms with van der Waals surface area (Å²) in [5, 5.41) is 5.94. The van der Waals surface area contributed by atoms with Gasteiger partial charge in [-0.05, 0) is 68.5 Å². The fourth-order valence-electron chi connectivity index (χ4n) is 4.84. The molecule has 33 heavy (non-hydrogen) atoms. The lowest BCUT2D eigenvalue weighted by Gasteiger charge is -2.14. The third-order valence-electron chi connectivity index (χ3n) is 6.41. The predicted molar refractivity (Wildman–Crippen MR) is 130 cm³/mol. The summed E-state index contributed by atoms with van der Waals surface area (Å²) in [5.41, 5.74) is 6.01. The quantitative estimate of drug-likeness (QED) is 0.365. The molecule has 2 N–H and O–H groups in total. The van der Waals surface area contributed by atoms with Crippen molar-refractivity contribution in [3.63, 3.8) is 0 Å². The third kappa shape index (κ3) is 3.61. The zero-order valence-corrected chi connectivity index (χ0v) is 19.2. The Morgan fingerprint density at radius 2 is 1.91 bits per heavy atom. The molecule has 0 unspecified atom stereocenters. The first kappa shape index (κ1) is 21.1. The van der Waals surface area contributed by atoms with Gasteiger partial charge >= 0.3 is 5.63 Å². The van der Waals surface area contributed by atoms with Crippen molar-refractivity contribution in [2.75, 3.05) is 0 Å². The van der Waals surface area contributed by atoms with Gasteiger partial charge in [-0.15, -0.1) is 0 Å². The molecule has 5 aromatic rings. The van der Waals surface area contributed by atoms with Crippen molar-refractivity contribution in [2.45, 2.75) is 46.6 Å². The van der Waals surface area contributed by atoms with Gasteiger partial charge in [-0.1, -0.05) is 18.2 Å². The van der Waals surface area contributed by atoms with Crippen molar-refractivity contribution in [1.29, 1.82) is 0 Å². The summed E-state index contributed by atoms with van der Waals surface area (Å²) in [5.74, 6) is -0.212. The van der Waals surface area contributed by atoms with Gasteiger partial charge in [0.1, 0.15) is 11.2 Å². The van der Waals surface area contributed by atoms with E-state index in [4.69, 9.17) is 8.83 Å². The number of carbonyl (C=O) groups excluding carboxylic acids is 1. The number of benzene rings is 2. The van der Waals surface area contributed by atoms with E-state index in [0.717, 1.165) is 43.9 Å². The molecule has 0 spiro atoms. The second kappa shape index (κ2) is 7.96. The van der Waals surface area contributed by atoms with Gasteiger partial charge < -0.3 is 19.1 Å². The summed E-state index contributed by atoms with van der Waals surface area (Å²) in [7, 11) is 0. The number of aromatic amines is 1. The molecule has 168 valence electrons. The summed E-state index contributed by atoms with van der Waals surface area (Å²) < 4.78 is 11.4. The number of aryl methyl sites for hydroxylation is 3. The SMILES string of the molecule is Cc1coc2c1c(C)cc1oc(=O)c(CC(=O)N[C@@H](C)Cc3c[nH]c4ccccc34)c(C)c12. The first-order valence-corrected chi connectivity index (χ1v) is 11.1. The largest absolute Gasteiger partial charge is 0.463 e. The summed E-state index contributed by atoms with van der Waals surface area (Å²) in [6, 6.07) is 9.86. The highest BCUT2D eigenvalue weighted by atomic mass is 16.4. The Kier molecular flexibility index (Phi) is 5.08. The van der Waals surface area contributed by atoms with Gasteiger partial charge in [0.2, 0.25) is 5.91 Å². The van der Waals surface area contributed by atoms with E-state index in [-0.39, 0.29) is 18.4 Å². The van der Waals surface area contributed by atoms with Crippen molar-refractivity contribution >= 4 is 38.7 Å². The lowest BCUT2D eigenvalue weighted by Crippen LogP contribution is -2.36. The zero-order chi connectivity index (χ0) is 23.3. The van der Waals surface area contributed by atoms with Crippen LogP contribution in [0.25, 0.3) is 32.8 Å². The van der Waals surface area contributed by atoms with Gasteiger partial charge in [-0.2, -0.15) is 0 Å². The van der Waals surface area contributed by atoms with E-state index in [9.17, 15) is 9.59 Å². The zero-order valence-electron chi connectivity index (χ0n) is 19.2. The van der Waals surface area contributed by atoms with Crippen molar-refractivity contribution in [1.82, 2.24) is 10.3 Å². The van der Waals surface area contributed by atoms with Crippen molar-refractivity contribution in [3.05, 3.63) is 81.0 Å². The molecule has 0 aliphatic heterocycles. The third-order valence-corrected chi connectivity index (χ3v) is 6.41. The molecule has 5 rings (SSSR count). The number of aromatic nitrogens is 1. The maximum atomic E-state index is 12.9. The minimum absolute atomic E-state index is 0.0443. The van der Waals surface area contributed by atoms with E-state index in [1.54, 1.807) is 6.26 Å². The summed E-state index contributed by atoms with van der Waals surface area (Å²) >= 11 is 0. The summed E-state index contributed by atoms with van der Waals surface area (Å²) in [6.07, 6.45) is 4.33. The van der Waals surface area contributed by atoms with E-state index < -0.39 is 5.63 Å². The Bertz CT molecular complexity index is 1590. The predicted octanol–water partition coefficient (Wildman–Crippen LogP) is 5.24. The average molecular weight is 443 g/mol. The number of rotatable bonds is 5. The van der Waals surface area contributed by atoms with Crippen molar-refractivity contribution < 1.29 is 13.6 Å². The Labute approximate surface area is 190 Å². The lowest BCUT2D eigenvalue weighted by molar-refractivity contribution is -0.121. The molecular formula is C27H26N2O4. The number of amides is 1. The maximum Gasteiger partial charge on any atom is 0.340 e. The maximum absolute atomic E-state index is 12.9. The second-order valence-electron chi connectivity index (χ2n) is 8.89. The number of furan rings is 1. The van der Waals surface area contributed by atoms with Crippen LogP contribution in [0.3, 0.4) is 0 Å². The van der Waals surface area contributed by atoms with Gasteiger partial charge in [0.25, 0.3) is 0 Å². The van der Waals surface area contributed by atoms with E-state index in [1.165, 1.54) is 0 Å². The highest BCUT2D eigenvalue weighted by molar-refractivity contribution is 6.07. The van der Waals surface area contributed by atoms with E-state index in [2.05, 4.69) is 16.4 Å². The van der Waals surface area contributed by atoms with Crippen LogP contribution >= 0.6 is 0 Å². The summed E-state index contributed by atoms with van der Waals surface area (Å²) in [6.45, 7) is 7.77. The highest BCUT2D eigenvalue weighted by Crippen LogP contribution is 2.34. The highest BCUT2D eigenvalue weighted by Gasteiger charge is 2.21. The fraction of sp³-hybridized carbons (Fsp3) is 0.259. The standard InChI is InChI=1S/C27H26N2O4/c1-14-9-22-25(26-24(14)15(2)13-32-26)17(4)20(27(31)33-22)11-23(30)29-16(3)10-18-12-28-21-8-6-5-7-19(18)21/h5-9,12-13,16,28H,10-11H2,1-4H3,(H,29,30)/t16-/m0/s1. The van der Waals surface area contributed by atoms with Crippen LogP contribution in [0.5, 0.6) is 0 Å². The molecule has 6 heteroatoms. The lowest BCUT2D eigenvalue weighted by atomic mass is 9.98. The molecule has 1 atom stereocenters. The molecule has 2 aromatic carbocycles. The molecule has 0 saturated carbocycles. The van der Waals surface area contributed by atoms with Crippen LogP contribution in [0, 0.1) is 20.8 Å². The number of H-pyrrole nitrogens is 1. The molecular weight excluding hydrogens is 416 g/mol. The normalized spacial score (nSPS) is 12.6. The van der Waals surface area contributed by atoms with Gasteiger partial charge in [-0.3, -0.25) is 4.79 Å². The Morgan fingerprint density at radius 1 is 1.12 bits per heavy atom. The Hall–Kier alpha value is -3.80. The topological polar surface area (TPSA) is 88.2 Å². The number of nitrogens with one attached hydrogen (secondary N) is 2. The first-order chi connectivity index (χ1) is 15.8. The molecule has 6 nitrogen and oxygen atoms in total. The molecule has 0 aliphatic rings. The van der Waals surface area contributed by atoms with Gasteiger partial charge in [0.15, 0.2) is 0 Å². The summed E-state index contributed by atoms with van der Waals surface area (Å²) in [4.78, 5) is 28.9. The van der Waals surface area contributed by atoms with Crippen LogP contribution in [-0.4, -0.2) is 16.9 Å². The molecule has 1 amide bonds. The van der Waals surface area contributed by atoms with E-state index in [1.807, 2.05) is 58.2 Å². The number of para-hydroxylation sites is 1. The minimum Gasteiger partial charge on any atom is -0.463 e. The molecule has 0 aliphatic carbocycles. The van der Waals surface area contributed by atoms with E-state index in [0.29, 0.717) is 23.2 Å². The fourth-order valence-corrected chi connectivity index (χ4v) is 4.84. The van der Waals surface area contributed by atoms with Crippen molar-refractivity contribution in [2.24, 2.45) is 0 Å². The molecule has 0 radical (unpaired) electrons. The average Bonchev–Trinajstić information content (AvgIpc) is 3.35. The van der Waals surface area contributed by atoms with Crippen LogP contribution in [0.15, 0.2) is 56.4 Å². The van der Waals surface area contributed by atoms with Gasteiger partial charge in [0, 0.05) is 28.5 Å². The smallest absolute Gasteiger partial charge is 0.340 e. The number of fused-ring (bicyclic) bond motifs is 4. The molecule has 3 heterocycles. The van der Waals surface area contributed by atoms with Crippen LogP contribution < -0.4 is 10.9 Å². The van der Waals surface area contributed by atoms with Crippen LogP contribution in [-0.2, 0) is 17.6 Å². The van der Waals surface area contributed by atoms with Crippen LogP contribution in [0.1, 0.15) is 34.7 Å². The molecule has 0 saturated heterocycles. The number of hydrogen-bond donors (Lipinski definition) is 2. The molecule has 0 fully saturated rings. The second-order valence-corrected chi connectivity index (χ2v) is 8.89. The monoisotopic (exact) mass is 442 g/mol. The van der Waals surface area contributed by atoms with Crippen molar-refractivity contribution in [3.8, 4) is 0 Å². The molecule has 0 bridgehead atoms. The molecule has 3 aromatic heterocycles. The van der Waals surface area contributed by atoms with Gasteiger partial charge in [0.05, 0.1) is 23.6 Å². The Morgan fingerprint density at radius 3 is 2.73 bits per heavy atom. The number of carbonyl (C=O) groups is 1. The minimum atomic E-state index is -0.485. The van der Waals surface area contributed by atoms with Crippen LogP contribution in [0.4, 0.5) is 0 Å². The van der Waals surface area contributed by atoms with Crippen LogP contribution in [0.2, 0.25) is 0 Å².